The van der Waals surface area contributed by atoms with E-state index in [-0.39, 0.29) is 12.3 Å². The molecule has 2 heterocycles. The van der Waals surface area contributed by atoms with Crippen molar-refractivity contribution in [2.75, 3.05) is 10.6 Å². The number of carboxylic acid groups (broad SMARTS) is 1. The van der Waals surface area contributed by atoms with Gasteiger partial charge in [-0.3, -0.25) is 9.59 Å². The van der Waals surface area contributed by atoms with Gasteiger partial charge in [0.2, 0.25) is 5.91 Å². The molecular weight excluding hydrogens is 246 g/mol. The quantitative estimate of drug-likeness (QED) is 0.692. The highest BCUT2D eigenvalue weighted by atomic mass is 35.5. The van der Waals surface area contributed by atoms with Crippen LogP contribution in [0.15, 0.2) is 6.07 Å². The van der Waals surface area contributed by atoms with E-state index in [4.69, 9.17) is 16.7 Å². The van der Waals surface area contributed by atoms with Gasteiger partial charge in [-0.1, -0.05) is 11.6 Å². The lowest BCUT2D eigenvalue weighted by Crippen LogP contribution is -2.41. The summed E-state index contributed by atoms with van der Waals surface area (Å²) in [5.74, 6) is -1.03. The van der Waals surface area contributed by atoms with Crippen molar-refractivity contribution in [1.29, 1.82) is 0 Å². The molecule has 2 rings (SSSR count). The van der Waals surface area contributed by atoms with E-state index >= 15 is 0 Å². The van der Waals surface area contributed by atoms with Crippen molar-refractivity contribution >= 4 is 35.0 Å². The van der Waals surface area contributed by atoms with Crippen LogP contribution >= 0.6 is 11.6 Å². The third kappa shape index (κ3) is 2.31. The highest BCUT2D eigenvalue weighted by molar-refractivity contribution is 6.29. The molecule has 0 fully saturated rings. The highest BCUT2D eigenvalue weighted by Crippen LogP contribution is 2.30. The minimum absolute atomic E-state index is 0.291. The predicted molar refractivity (Wildman–Crippen MR) is 62.3 cm³/mol. The van der Waals surface area contributed by atoms with Crippen LogP contribution < -0.4 is 10.6 Å². The van der Waals surface area contributed by atoms with Crippen LogP contribution in [0.4, 0.5) is 11.5 Å². The second kappa shape index (κ2) is 4.21. The lowest BCUT2D eigenvalue weighted by molar-refractivity contribution is -0.138. The Kier molecular flexibility index (Phi) is 2.89. The zero-order valence-electron chi connectivity index (χ0n) is 8.95. The minimum atomic E-state index is -1.06. The third-order valence-corrected chi connectivity index (χ3v) is 2.63. The number of hydrogen-bond donors (Lipinski definition) is 3. The fraction of sp³-hybridized carbons (Fsp3) is 0.300. The average Bonchev–Trinajstić information content (AvgIpc) is 2.20. The van der Waals surface area contributed by atoms with Gasteiger partial charge >= 0.3 is 5.97 Å². The first-order valence-electron chi connectivity index (χ1n) is 4.93. The Labute approximate surface area is 102 Å². The number of aryl methyl sites for hydroxylation is 1. The molecule has 90 valence electrons. The Balaban J connectivity index is 2.34. The van der Waals surface area contributed by atoms with Crippen molar-refractivity contribution in [1.82, 2.24) is 4.98 Å². The number of fused-ring (bicyclic) bond motifs is 1. The van der Waals surface area contributed by atoms with Crippen molar-refractivity contribution in [3.63, 3.8) is 0 Å². The van der Waals surface area contributed by atoms with Gasteiger partial charge in [-0.2, -0.15) is 0 Å². The molecule has 6 nitrogen and oxygen atoms in total. The van der Waals surface area contributed by atoms with Crippen molar-refractivity contribution in [2.45, 2.75) is 19.4 Å². The average molecular weight is 256 g/mol. The molecule has 1 atom stereocenters. The number of aliphatic carboxylic acids is 1. The Morgan fingerprint density at radius 2 is 2.35 bits per heavy atom. The van der Waals surface area contributed by atoms with Gasteiger partial charge in [-0.05, 0) is 18.6 Å². The number of carbonyl (C=O) groups is 2. The second-order valence-corrected chi connectivity index (χ2v) is 4.16. The van der Waals surface area contributed by atoms with Gasteiger partial charge in [0, 0.05) is 0 Å². The first-order valence-corrected chi connectivity index (χ1v) is 5.31. The molecule has 0 aromatic carbocycles. The lowest BCUT2D eigenvalue weighted by atomic mass is 10.1. The summed E-state index contributed by atoms with van der Waals surface area (Å²) in [6.45, 7) is 1.78. The van der Waals surface area contributed by atoms with Crippen LogP contribution in [0.3, 0.4) is 0 Å². The van der Waals surface area contributed by atoms with E-state index in [1.807, 2.05) is 0 Å². The standard InChI is InChI=1S/C10H10ClN3O3/c1-4-2-6(11)13-9-8(4)14-10(17)5(12-9)3-7(15)16/h2,5H,3H2,1H3,(H,12,13)(H,14,17)(H,15,16). The molecule has 7 heteroatoms. The number of amides is 1. The Hall–Kier alpha value is -1.82. The Morgan fingerprint density at radius 1 is 1.65 bits per heavy atom. The van der Waals surface area contributed by atoms with Crippen LogP contribution in [0, 0.1) is 6.92 Å². The summed E-state index contributed by atoms with van der Waals surface area (Å²) in [6, 6.07) is 0.797. The highest BCUT2D eigenvalue weighted by Gasteiger charge is 2.29. The van der Waals surface area contributed by atoms with Crippen molar-refractivity contribution in [3.8, 4) is 0 Å². The number of aromatic nitrogens is 1. The molecule has 1 unspecified atom stereocenters. The molecule has 1 aliphatic heterocycles. The van der Waals surface area contributed by atoms with Gasteiger partial charge in [0.25, 0.3) is 0 Å². The lowest BCUT2D eigenvalue weighted by Gasteiger charge is -2.26. The molecule has 0 spiro atoms. The molecule has 1 aromatic rings. The summed E-state index contributed by atoms with van der Waals surface area (Å²) in [5, 5.41) is 14.4. The maximum Gasteiger partial charge on any atom is 0.305 e. The van der Waals surface area contributed by atoms with Crippen molar-refractivity contribution < 1.29 is 14.7 Å². The van der Waals surface area contributed by atoms with Crippen LogP contribution in [0.5, 0.6) is 0 Å². The number of carboxylic acids is 1. The fourth-order valence-corrected chi connectivity index (χ4v) is 1.90. The number of carbonyl (C=O) groups excluding carboxylic acids is 1. The molecule has 1 aromatic heterocycles. The van der Waals surface area contributed by atoms with Crippen LogP contribution in [0.25, 0.3) is 0 Å². The normalized spacial score (nSPS) is 18.0. The number of hydrogen-bond acceptors (Lipinski definition) is 4. The van der Waals surface area contributed by atoms with Gasteiger partial charge in [0.15, 0.2) is 5.82 Å². The first-order chi connectivity index (χ1) is 7.97. The van der Waals surface area contributed by atoms with Crippen LogP contribution in [-0.4, -0.2) is 28.0 Å². The molecule has 0 bridgehead atoms. The van der Waals surface area contributed by atoms with E-state index in [1.165, 1.54) is 0 Å². The molecule has 1 amide bonds. The maximum atomic E-state index is 11.6. The van der Waals surface area contributed by atoms with Crippen LogP contribution in [0.1, 0.15) is 12.0 Å². The molecular formula is C10H10ClN3O3. The topological polar surface area (TPSA) is 91.3 Å². The smallest absolute Gasteiger partial charge is 0.305 e. The van der Waals surface area contributed by atoms with E-state index in [9.17, 15) is 9.59 Å². The van der Waals surface area contributed by atoms with Crippen molar-refractivity contribution in [3.05, 3.63) is 16.8 Å². The van der Waals surface area contributed by atoms with Crippen molar-refractivity contribution in [2.24, 2.45) is 0 Å². The number of pyridine rings is 1. The van der Waals surface area contributed by atoms with Gasteiger partial charge in [0.05, 0.1) is 12.1 Å². The molecule has 0 radical (unpaired) electrons. The van der Waals surface area contributed by atoms with Gasteiger partial charge in [-0.25, -0.2) is 4.98 Å². The SMILES string of the molecule is Cc1cc(Cl)nc2c1NC(=O)C(CC(=O)O)N2. The second-order valence-electron chi connectivity index (χ2n) is 3.77. The summed E-state index contributed by atoms with van der Waals surface area (Å²) in [7, 11) is 0. The van der Waals surface area contributed by atoms with Crippen LogP contribution in [0.2, 0.25) is 5.15 Å². The zero-order valence-corrected chi connectivity index (χ0v) is 9.71. The number of anilines is 2. The van der Waals surface area contributed by atoms with Crippen LogP contribution in [-0.2, 0) is 9.59 Å². The molecule has 1 aliphatic rings. The summed E-state index contributed by atoms with van der Waals surface area (Å²) in [4.78, 5) is 26.2. The first kappa shape index (κ1) is 11.7. The monoisotopic (exact) mass is 255 g/mol. The predicted octanol–water partition coefficient (Wildman–Crippen LogP) is 1.25. The molecule has 0 saturated carbocycles. The molecule has 0 aliphatic carbocycles. The largest absolute Gasteiger partial charge is 0.481 e. The van der Waals surface area contributed by atoms with E-state index in [0.29, 0.717) is 16.7 Å². The summed E-state index contributed by atoms with van der Waals surface area (Å²) >= 11 is 5.79. The summed E-state index contributed by atoms with van der Waals surface area (Å²) in [6.07, 6.45) is -0.307. The van der Waals surface area contributed by atoms with Gasteiger partial charge in [0.1, 0.15) is 11.2 Å². The number of nitrogens with one attached hydrogen (secondary N) is 2. The zero-order chi connectivity index (χ0) is 12.6. The van der Waals surface area contributed by atoms with Gasteiger partial charge in [-0.15, -0.1) is 0 Å². The molecule has 0 saturated heterocycles. The van der Waals surface area contributed by atoms with E-state index < -0.39 is 12.0 Å². The van der Waals surface area contributed by atoms with E-state index in [2.05, 4.69) is 15.6 Å². The Bertz CT molecular complexity index is 504. The fourth-order valence-electron chi connectivity index (χ4n) is 1.65. The molecule has 17 heavy (non-hydrogen) atoms. The Morgan fingerprint density at radius 3 is 3.00 bits per heavy atom. The maximum absolute atomic E-state index is 11.6. The summed E-state index contributed by atoms with van der Waals surface area (Å²) < 4.78 is 0. The van der Waals surface area contributed by atoms with Gasteiger partial charge < -0.3 is 15.7 Å². The molecule has 3 N–H and O–H groups in total. The number of nitrogens with zero attached hydrogens (tertiary/aromatic N) is 1. The van der Waals surface area contributed by atoms with E-state index in [0.717, 1.165) is 5.56 Å². The van der Waals surface area contributed by atoms with E-state index in [1.54, 1.807) is 13.0 Å². The third-order valence-electron chi connectivity index (χ3n) is 2.44. The number of rotatable bonds is 2. The minimum Gasteiger partial charge on any atom is -0.481 e. The number of halogens is 1. The summed E-state index contributed by atoms with van der Waals surface area (Å²) in [5.41, 5.74) is 1.32.